The van der Waals surface area contributed by atoms with Crippen molar-refractivity contribution in [3.05, 3.63) is 76.2 Å². The molecule has 1 saturated heterocycles. The van der Waals surface area contributed by atoms with Crippen molar-refractivity contribution in [3.8, 4) is 17.7 Å². The molecule has 1 fully saturated rings. The minimum Gasteiger partial charge on any atom is -0.473 e. The minimum absolute atomic E-state index is 0.117. The van der Waals surface area contributed by atoms with E-state index in [0.29, 0.717) is 22.4 Å². The summed E-state index contributed by atoms with van der Waals surface area (Å²) in [6, 6.07) is 10.4. The molecule has 1 aromatic carbocycles. The number of nitrogens with zero attached hydrogens (tertiary/aromatic N) is 4. The molecule has 166 valence electrons. The minimum atomic E-state index is -0.373. The van der Waals surface area contributed by atoms with Gasteiger partial charge in [-0.2, -0.15) is 0 Å². The largest absolute Gasteiger partial charge is 0.473 e. The van der Waals surface area contributed by atoms with Crippen LogP contribution < -0.4 is 4.74 Å². The van der Waals surface area contributed by atoms with Gasteiger partial charge in [0.2, 0.25) is 5.88 Å². The fourth-order valence-corrected chi connectivity index (χ4v) is 4.11. The predicted molar refractivity (Wildman–Crippen MR) is 123 cm³/mol. The summed E-state index contributed by atoms with van der Waals surface area (Å²) < 4.78 is 21.8. The Morgan fingerprint density at radius 1 is 1.22 bits per heavy atom. The molecule has 1 aliphatic heterocycles. The third kappa shape index (κ3) is 5.29. The standard InChI is InChI=1S/C25H26ClFN4O/c1-3-5-21-15-28-24(30(21)2)16-31-12-10-18(11-13-31)23-6-4-7-25(29-23)32-17-19-8-9-20(26)14-22(19)27/h4,6-9,14-15,18H,10-13,16-17H2,1-2H3. The highest BCUT2D eigenvalue weighted by molar-refractivity contribution is 6.30. The first-order valence-corrected chi connectivity index (χ1v) is 11.1. The molecule has 5 nitrogen and oxygen atoms in total. The highest BCUT2D eigenvalue weighted by atomic mass is 35.5. The predicted octanol–water partition coefficient (Wildman–Crippen LogP) is 4.94. The lowest BCUT2D eigenvalue weighted by molar-refractivity contribution is 0.196. The summed E-state index contributed by atoms with van der Waals surface area (Å²) >= 11 is 5.81. The van der Waals surface area contributed by atoms with Crippen LogP contribution in [0.2, 0.25) is 5.02 Å². The van der Waals surface area contributed by atoms with E-state index in [0.717, 1.165) is 49.7 Å². The molecule has 3 aromatic rings. The molecular formula is C25H26ClFN4O. The monoisotopic (exact) mass is 452 g/mol. The molecule has 7 heteroatoms. The number of benzene rings is 1. The van der Waals surface area contributed by atoms with Crippen molar-refractivity contribution in [2.75, 3.05) is 13.1 Å². The fraction of sp³-hybridized carbons (Fsp3) is 0.360. The van der Waals surface area contributed by atoms with Gasteiger partial charge >= 0.3 is 0 Å². The van der Waals surface area contributed by atoms with Gasteiger partial charge in [-0.25, -0.2) is 14.4 Å². The van der Waals surface area contributed by atoms with Crippen LogP contribution in [-0.4, -0.2) is 32.5 Å². The van der Waals surface area contributed by atoms with Crippen LogP contribution in [0.3, 0.4) is 0 Å². The second-order valence-corrected chi connectivity index (χ2v) is 8.41. The number of likely N-dealkylation sites (tertiary alicyclic amines) is 1. The van der Waals surface area contributed by atoms with Crippen molar-refractivity contribution in [1.82, 2.24) is 19.4 Å². The molecule has 0 bridgehead atoms. The van der Waals surface area contributed by atoms with Gasteiger partial charge in [-0.15, -0.1) is 0 Å². The highest BCUT2D eigenvalue weighted by Gasteiger charge is 2.23. The van der Waals surface area contributed by atoms with Crippen LogP contribution >= 0.6 is 11.6 Å². The Kier molecular flexibility index (Phi) is 7.09. The summed E-state index contributed by atoms with van der Waals surface area (Å²) in [5.74, 6) is 7.56. The molecular weight excluding hydrogens is 427 g/mol. The van der Waals surface area contributed by atoms with Gasteiger partial charge in [-0.05, 0) is 57.0 Å². The van der Waals surface area contributed by atoms with Crippen molar-refractivity contribution in [2.45, 2.75) is 38.8 Å². The van der Waals surface area contributed by atoms with E-state index in [-0.39, 0.29) is 12.4 Å². The Bertz CT molecular complexity index is 1140. The quantitative estimate of drug-likeness (QED) is 0.497. The van der Waals surface area contributed by atoms with Crippen LogP contribution in [0.25, 0.3) is 0 Å². The first kappa shape index (κ1) is 22.3. The van der Waals surface area contributed by atoms with E-state index in [1.165, 1.54) is 6.07 Å². The molecule has 0 aliphatic carbocycles. The van der Waals surface area contributed by atoms with E-state index in [1.54, 1.807) is 12.1 Å². The van der Waals surface area contributed by atoms with Crippen LogP contribution in [0.5, 0.6) is 5.88 Å². The van der Waals surface area contributed by atoms with Crippen LogP contribution in [0.15, 0.2) is 42.6 Å². The molecule has 32 heavy (non-hydrogen) atoms. The highest BCUT2D eigenvalue weighted by Crippen LogP contribution is 2.28. The molecule has 0 unspecified atom stereocenters. The van der Waals surface area contributed by atoms with Crippen molar-refractivity contribution < 1.29 is 9.13 Å². The Labute approximate surface area is 193 Å². The third-order valence-corrected chi connectivity index (χ3v) is 6.08. The van der Waals surface area contributed by atoms with Crippen LogP contribution in [-0.2, 0) is 20.2 Å². The number of rotatable bonds is 6. The van der Waals surface area contributed by atoms with Crippen molar-refractivity contribution in [1.29, 1.82) is 0 Å². The molecule has 0 saturated carbocycles. The molecule has 0 atom stereocenters. The van der Waals surface area contributed by atoms with Crippen molar-refractivity contribution in [3.63, 3.8) is 0 Å². The van der Waals surface area contributed by atoms with Gasteiger partial charge < -0.3 is 9.30 Å². The first-order valence-electron chi connectivity index (χ1n) is 10.7. The van der Waals surface area contributed by atoms with Crippen LogP contribution in [0, 0.1) is 17.7 Å². The summed E-state index contributed by atoms with van der Waals surface area (Å²) in [6.07, 6.45) is 3.88. The third-order valence-electron chi connectivity index (χ3n) is 5.84. The summed E-state index contributed by atoms with van der Waals surface area (Å²) in [5.41, 5.74) is 2.42. The lowest BCUT2D eigenvalue weighted by Gasteiger charge is -2.31. The lowest BCUT2D eigenvalue weighted by atomic mass is 9.93. The maximum absolute atomic E-state index is 14.0. The Morgan fingerprint density at radius 3 is 2.78 bits per heavy atom. The van der Waals surface area contributed by atoms with E-state index in [2.05, 4.69) is 31.3 Å². The molecule has 0 spiro atoms. The number of piperidine rings is 1. The Hall–Kier alpha value is -2.88. The van der Waals surface area contributed by atoms with Crippen LogP contribution in [0.1, 0.15) is 48.5 Å². The molecule has 3 heterocycles. The molecule has 0 radical (unpaired) electrons. The second kappa shape index (κ2) is 10.2. The summed E-state index contributed by atoms with van der Waals surface area (Å²) in [6.45, 7) is 4.73. The van der Waals surface area contributed by atoms with Crippen molar-refractivity contribution >= 4 is 11.6 Å². The number of imidazole rings is 1. The van der Waals surface area contributed by atoms with Crippen LogP contribution in [0.4, 0.5) is 4.39 Å². The zero-order valence-electron chi connectivity index (χ0n) is 18.3. The number of ether oxygens (including phenoxy) is 1. The SMILES string of the molecule is CC#Cc1cnc(CN2CCC(c3cccc(OCc4ccc(Cl)cc4F)n3)CC2)n1C. The molecule has 0 N–H and O–H groups in total. The number of hydrogen-bond donors (Lipinski definition) is 0. The van der Waals surface area contributed by atoms with Gasteiger partial charge in [0.1, 0.15) is 23.9 Å². The van der Waals surface area contributed by atoms with Gasteiger partial charge in [0.15, 0.2) is 0 Å². The van der Waals surface area contributed by atoms with Gasteiger partial charge in [-0.1, -0.05) is 29.7 Å². The van der Waals surface area contributed by atoms with Gasteiger partial charge in [-0.3, -0.25) is 4.90 Å². The van der Waals surface area contributed by atoms with Crippen molar-refractivity contribution in [2.24, 2.45) is 7.05 Å². The average Bonchev–Trinajstić information content (AvgIpc) is 3.13. The molecule has 1 aliphatic rings. The smallest absolute Gasteiger partial charge is 0.213 e. The van der Waals surface area contributed by atoms with Gasteiger partial charge in [0.05, 0.1) is 12.7 Å². The Balaban J connectivity index is 1.33. The lowest BCUT2D eigenvalue weighted by Crippen LogP contribution is -2.33. The number of pyridine rings is 1. The summed E-state index contributed by atoms with van der Waals surface area (Å²) in [5, 5.41) is 0.371. The average molecular weight is 453 g/mol. The van der Waals surface area contributed by atoms with Gasteiger partial charge in [0, 0.05) is 35.3 Å². The number of halogens is 2. The normalized spacial score (nSPS) is 14.8. The maximum atomic E-state index is 14.0. The zero-order valence-corrected chi connectivity index (χ0v) is 19.1. The van der Waals surface area contributed by atoms with E-state index in [4.69, 9.17) is 16.3 Å². The summed E-state index contributed by atoms with van der Waals surface area (Å²) in [4.78, 5) is 11.6. The first-order chi connectivity index (χ1) is 15.5. The maximum Gasteiger partial charge on any atom is 0.213 e. The number of aromatic nitrogens is 3. The van der Waals surface area contributed by atoms with E-state index < -0.39 is 0 Å². The summed E-state index contributed by atoms with van der Waals surface area (Å²) in [7, 11) is 2.01. The fourth-order valence-electron chi connectivity index (χ4n) is 3.95. The molecule has 4 rings (SSSR count). The second-order valence-electron chi connectivity index (χ2n) is 7.97. The topological polar surface area (TPSA) is 43.2 Å². The molecule has 0 amide bonds. The van der Waals surface area contributed by atoms with E-state index >= 15 is 0 Å². The van der Waals surface area contributed by atoms with Gasteiger partial charge in [0.25, 0.3) is 0 Å². The Morgan fingerprint density at radius 2 is 2.03 bits per heavy atom. The van der Waals surface area contributed by atoms with E-state index in [9.17, 15) is 4.39 Å². The molecule has 2 aromatic heterocycles. The number of hydrogen-bond acceptors (Lipinski definition) is 4. The zero-order chi connectivity index (χ0) is 22.5. The van der Waals surface area contributed by atoms with E-state index in [1.807, 2.05) is 38.4 Å².